The summed E-state index contributed by atoms with van der Waals surface area (Å²) in [6.45, 7) is 3.77. The van der Waals surface area contributed by atoms with Gasteiger partial charge in [-0.05, 0) is 30.4 Å². The van der Waals surface area contributed by atoms with E-state index in [2.05, 4.69) is 15.6 Å². The maximum atomic E-state index is 13.4. The van der Waals surface area contributed by atoms with E-state index in [0.29, 0.717) is 19.4 Å². The fourth-order valence-corrected chi connectivity index (χ4v) is 4.25. The van der Waals surface area contributed by atoms with Crippen LogP contribution in [0.3, 0.4) is 0 Å². The molecule has 3 amide bonds. The molecule has 34 heavy (non-hydrogen) atoms. The minimum Gasteiger partial charge on any atom is -0.480 e. The van der Waals surface area contributed by atoms with Crippen molar-refractivity contribution in [2.75, 3.05) is 13.1 Å². The Balaban J connectivity index is 1.75. The largest absolute Gasteiger partial charge is 0.480 e. The highest BCUT2D eigenvalue weighted by Crippen LogP contribution is 2.22. The number of carbonyl (C=O) groups is 4. The lowest BCUT2D eigenvalue weighted by Crippen LogP contribution is -2.54. The number of hydrogen-bond acceptors (Lipinski definition) is 5. The number of H-pyrrole nitrogens is 1. The van der Waals surface area contributed by atoms with Gasteiger partial charge in [0.05, 0.1) is 12.6 Å². The van der Waals surface area contributed by atoms with Gasteiger partial charge in [-0.2, -0.15) is 0 Å². The number of para-hydroxylation sites is 1. The van der Waals surface area contributed by atoms with Crippen LogP contribution in [-0.2, 0) is 25.6 Å². The third-order valence-corrected chi connectivity index (χ3v) is 6.54. The van der Waals surface area contributed by atoms with Crippen molar-refractivity contribution in [3.05, 3.63) is 36.0 Å². The summed E-state index contributed by atoms with van der Waals surface area (Å²) in [7, 11) is 0. The van der Waals surface area contributed by atoms with Crippen molar-refractivity contribution in [2.45, 2.75) is 57.7 Å². The second-order valence-corrected chi connectivity index (χ2v) is 8.84. The van der Waals surface area contributed by atoms with E-state index in [9.17, 15) is 24.3 Å². The molecule has 2 heterocycles. The van der Waals surface area contributed by atoms with Crippen LogP contribution in [0.15, 0.2) is 30.5 Å². The molecule has 0 saturated carbocycles. The second kappa shape index (κ2) is 11.1. The molecule has 4 unspecified atom stereocenters. The number of carbonyl (C=O) groups excluding carboxylic acids is 3. The van der Waals surface area contributed by atoms with Gasteiger partial charge >= 0.3 is 5.97 Å². The average Bonchev–Trinajstić information content (AvgIpc) is 3.48. The number of likely N-dealkylation sites (tertiary alicyclic amines) is 1. The van der Waals surface area contributed by atoms with Gasteiger partial charge in [-0.3, -0.25) is 14.4 Å². The molecule has 1 saturated heterocycles. The first-order valence-corrected chi connectivity index (χ1v) is 11.6. The molecule has 1 aromatic carbocycles. The molecule has 10 nitrogen and oxygen atoms in total. The predicted molar refractivity (Wildman–Crippen MR) is 127 cm³/mol. The van der Waals surface area contributed by atoms with Crippen molar-refractivity contribution in [1.82, 2.24) is 20.5 Å². The predicted octanol–water partition coefficient (Wildman–Crippen LogP) is 0.760. The Morgan fingerprint density at radius 3 is 2.71 bits per heavy atom. The van der Waals surface area contributed by atoms with Gasteiger partial charge in [0.1, 0.15) is 12.1 Å². The van der Waals surface area contributed by atoms with Gasteiger partial charge in [0, 0.05) is 30.1 Å². The zero-order valence-electron chi connectivity index (χ0n) is 19.5. The molecule has 1 aromatic heterocycles. The normalized spacial score (nSPS) is 18.3. The third kappa shape index (κ3) is 5.74. The Morgan fingerprint density at radius 2 is 2.00 bits per heavy atom. The van der Waals surface area contributed by atoms with Gasteiger partial charge in [-0.25, -0.2) is 4.79 Å². The average molecular weight is 472 g/mol. The summed E-state index contributed by atoms with van der Waals surface area (Å²) in [5.74, 6) is -2.54. The number of carboxylic acids is 1. The molecule has 2 aromatic rings. The topological polar surface area (TPSA) is 158 Å². The van der Waals surface area contributed by atoms with Gasteiger partial charge in [0.15, 0.2) is 0 Å². The zero-order chi connectivity index (χ0) is 24.8. The van der Waals surface area contributed by atoms with E-state index in [1.165, 1.54) is 4.90 Å². The first-order valence-electron chi connectivity index (χ1n) is 11.6. The van der Waals surface area contributed by atoms with E-state index in [-0.39, 0.29) is 18.9 Å². The number of benzene rings is 1. The Hall–Kier alpha value is -3.40. The molecule has 0 radical (unpaired) electrons. The van der Waals surface area contributed by atoms with Crippen LogP contribution in [0, 0.1) is 5.92 Å². The van der Waals surface area contributed by atoms with Crippen molar-refractivity contribution < 1.29 is 24.3 Å². The Labute approximate surface area is 198 Å². The maximum absolute atomic E-state index is 13.4. The summed E-state index contributed by atoms with van der Waals surface area (Å²) in [6.07, 6.45) is 3.64. The number of carboxylic acid groups (broad SMARTS) is 1. The van der Waals surface area contributed by atoms with E-state index >= 15 is 0 Å². The maximum Gasteiger partial charge on any atom is 0.326 e. The summed E-state index contributed by atoms with van der Waals surface area (Å²) >= 11 is 0. The van der Waals surface area contributed by atoms with E-state index in [1.54, 1.807) is 6.20 Å². The number of nitrogens with zero attached hydrogens (tertiary/aromatic N) is 1. The van der Waals surface area contributed by atoms with Crippen LogP contribution in [0.25, 0.3) is 10.9 Å². The zero-order valence-corrected chi connectivity index (χ0v) is 19.5. The number of fused-ring (bicyclic) bond motifs is 1. The minimum absolute atomic E-state index is 0.0395. The lowest BCUT2D eigenvalue weighted by Gasteiger charge is -2.27. The summed E-state index contributed by atoms with van der Waals surface area (Å²) in [5, 5.41) is 15.7. The van der Waals surface area contributed by atoms with Crippen LogP contribution in [-0.4, -0.2) is 69.9 Å². The fourth-order valence-electron chi connectivity index (χ4n) is 4.25. The van der Waals surface area contributed by atoms with E-state index in [1.807, 2.05) is 38.1 Å². The minimum atomic E-state index is -1.06. The van der Waals surface area contributed by atoms with Gasteiger partial charge in [-0.15, -0.1) is 0 Å². The summed E-state index contributed by atoms with van der Waals surface area (Å²) in [4.78, 5) is 54.4. The number of nitrogens with two attached hydrogens (primary N) is 1. The first kappa shape index (κ1) is 25.2. The summed E-state index contributed by atoms with van der Waals surface area (Å²) < 4.78 is 0. The van der Waals surface area contributed by atoms with Crippen molar-refractivity contribution in [3.63, 3.8) is 0 Å². The van der Waals surface area contributed by atoms with E-state index in [4.69, 9.17) is 5.73 Å². The Bertz CT molecular complexity index is 1050. The number of aromatic nitrogens is 1. The Morgan fingerprint density at radius 1 is 1.26 bits per heavy atom. The lowest BCUT2D eigenvalue weighted by atomic mass is 9.99. The number of aliphatic carboxylic acids is 1. The van der Waals surface area contributed by atoms with E-state index < -0.39 is 41.8 Å². The van der Waals surface area contributed by atoms with Crippen LogP contribution < -0.4 is 16.4 Å². The molecule has 184 valence electrons. The van der Waals surface area contributed by atoms with Crippen molar-refractivity contribution >= 4 is 34.6 Å². The number of aromatic amines is 1. The monoisotopic (exact) mass is 471 g/mol. The molecule has 0 aliphatic carbocycles. The van der Waals surface area contributed by atoms with Crippen molar-refractivity contribution in [1.29, 1.82) is 0 Å². The molecule has 4 atom stereocenters. The molecule has 1 aliphatic heterocycles. The van der Waals surface area contributed by atoms with Gasteiger partial charge in [0.2, 0.25) is 17.7 Å². The van der Waals surface area contributed by atoms with E-state index in [0.717, 1.165) is 22.9 Å². The van der Waals surface area contributed by atoms with Gasteiger partial charge < -0.3 is 31.4 Å². The Kier molecular flexibility index (Phi) is 8.27. The first-order chi connectivity index (χ1) is 16.2. The molecule has 0 bridgehead atoms. The van der Waals surface area contributed by atoms with Crippen molar-refractivity contribution in [2.24, 2.45) is 11.7 Å². The second-order valence-electron chi connectivity index (χ2n) is 8.84. The number of hydrogen-bond donors (Lipinski definition) is 5. The van der Waals surface area contributed by atoms with Gasteiger partial charge in [-0.1, -0.05) is 38.5 Å². The molecular weight excluding hydrogens is 438 g/mol. The molecular formula is C24H33N5O5. The highest BCUT2D eigenvalue weighted by molar-refractivity contribution is 5.93. The molecule has 10 heteroatoms. The van der Waals surface area contributed by atoms with Gasteiger partial charge in [0.25, 0.3) is 0 Å². The molecule has 0 spiro atoms. The quantitative estimate of drug-likeness (QED) is 0.344. The third-order valence-electron chi connectivity index (χ3n) is 6.54. The van der Waals surface area contributed by atoms with Crippen molar-refractivity contribution in [3.8, 4) is 0 Å². The summed E-state index contributed by atoms with van der Waals surface area (Å²) in [5.41, 5.74) is 7.63. The molecule has 1 aliphatic rings. The molecule has 3 rings (SSSR count). The molecule has 1 fully saturated rings. The van der Waals surface area contributed by atoms with Crippen LogP contribution >= 0.6 is 0 Å². The fraction of sp³-hybridized carbons (Fsp3) is 0.500. The number of nitrogens with one attached hydrogen (secondary N) is 3. The SMILES string of the molecule is CCC(C)C(N)C(=O)NCC(=O)NC(Cc1c[nH]c2ccccc12)C(=O)N1CCCC1C(=O)O. The highest BCUT2D eigenvalue weighted by atomic mass is 16.4. The van der Waals surface area contributed by atoms with Crippen LogP contribution in [0.1, 0.15) is 38.7 Å². The molecule has 6 N–H and O–H groups in total. The van der Waals surface area contributed by atoms with Crippen LogP contribution in [0.4, 0.5) is 0 Å². The van der Waals surface area contributed by atoms with Crippen LogP contribution in [0.2, 0.25) is 0 Å². The lowest BCUT2D eigenvalue weighted by molar-refractivity contribution is -0.149. The number of amides is 3. The summed E-state index contributed by atoms with van der Waals surface area (Å²) in [6, 6.07) is 4.97. The van der Waals surface area contributed by atoms with Crippen LogP contribution in [0.5, 0.6) is 0 Å². The highest BCUT2D eigenvalue weighted by Gasteiger charge is 2.38. The smallest absolute Gasteiger partial charge is 0.326 e. The standard InChI is InChI=1S/C24H33N5O5/c1-3-14(2)21(25)22(31)27-13-20(30)28-18(23(32)29-10-6-9-19(29)24(33)34)11-15-12-26-17-8-5-4-7-16(15)17/h4-5,7-8,12,14,18-19,21,26H,3,6,9-11,13,25H2,1-2H3,(H,27,31)(H,28,30)(H,33,34). The number of rotatable bonds is 10.